The highest BCUT2D eigenvalue weighted by atomic mass is 32.3. The second-order valence-corrected chi connectivity index (χ2v) is 7.02. The lowest BCUT2D eigenvalue weighted by atomic mass is 10.1. The molecule has 0 aromatic heterocycles. The van der Waals surface area contributed by atoms with Crippen molar-refractivity contribution in [2.45, 2.75) is 6.92 Å². The minimum Gasteiger partial charge on any atom is -0.482 e. The van der Waals surface area contributed by atoms with Crippen molar-refractivity contribution in [3.05, 3.63) is 29.8 Å². The Morgan fingerprint density at radius 3 is 2.67 bits per heavy atom. The van der Waals surface area contributed by atoms with Gasteiger partial charge in [0.2, 0.25) is 0 Å². The van der Waals surface area contributed by atoms with Gasteiger partial charge in [0.05, 0.1) is 0 Å². The Kier molecular flexibility index (Phi) is 3.77. The smallest absolute Gasteiger partial charge is 0.159 e. The van der Waals surface area contributed by atoms with Gasteiger partial charge in [0.25, 0.3) is 0 Å². The third kappa shape index (κ3) is 4.36. The van der Waals surface area contributed by atoms with Crippen LogP contribution in [0.2, 0.25) is 0 Å². The topological polar surface area (TPSA) is 46.5 Å². The molecular weight excluding hydrogens is 212 g/mol. The summed E-state index contributed by atoms with van der Waals surface area (Å²) in [5.74, 6) is 0.919. The number of carbonyl (C=O) groups excluding carboxylic acids is 1. The third-order valence-corrected chi connectivity index (χ3v) is 2.45. The summed E-state index contributed by atoms with van der Waals surface area (Å²) in [5.41, 5.74) is 0.623. The molecule has 0 aliphatic carbocycles. The number of hydrogen-bond acceptors (Lipinski definition) is 3. The van der Waals surface area contributed by atoms with Gasteiger partial charge in [0.1, 0.15) is 11.7 Å². The van der Waals surface area contributed by atoms with Crippen LogP contribution in [0.3, 0.4) is 0 Å². The van der Waals surface area contributed by atoms with Crippen molar-refractivity contribution in [1.82, 2.24) is 0 Å². The first kappa shape index (κ1) is 12.1. The summed E-state index contributed by atoms with van der Waals surface area (Å²) in [6, 6.07) is 6.98. The van der Waals surface area contributed by atoms with Gasteiger partial charge < -0.3 is 9.29 Å². The number of ether oxygens (including phenoxy) is 1. The molecule has 0 saturated heterocycles. The molecule has 1 rings (SSSR count). The van der Waals surface area contributed by atoms with Crippen LogP contribution in [0.5, 0.6) is 5.75 Å². The van der Waals surface area contributed by atoms with Crippen LogP contribution in [0, 0.1) is 0 Å². The molecule has 0 unspecified atom stereocenters. The average molecular weight is 228 g/mol. The largest absolute Gasteiger partial charge is 0.482 e. The van der Waals surface area contributed by atoms with Crippen LogP contribution in [-0.4, -0.2) is 28.8 Å². The monoisotopic (exact) mass is 228 g/mol. The van der Waals surface area contributed by atoms with E-state index in [0.717, 1.165) is 0 Å². The Morgan fingerprint density at radius 1 is 1.47 bits per heavy atom. The van der Waals surface area contributed by atoms with E-state index in [1.54, 1.807) is 36.8 Å². The van der Waals surface area contributed by atoms with Crippen molar-refractivity contribution < 1.29 is 14.1 Å². The van der Waals surface area contributed by atoms with Gasteiger partial charge in [-0.3, -0.25) is 4.79 Å². The lowest BCUT2D eigenvalue weighted by molar-refractivity contribution is 0.101. The highest BCUT2D eigenvalue weighted by molar-refractivity contribution is 8.27. The normalized spacial score (nSPS) is 12.3. The second kappa shape index (κ2) is 4.68. The van der Waals surface area contributed by atoms with Crippen LogP contribution in [-0.2, 0) is 0 Å². The maximum Gasteiger partial charge on any atom is 0.159 e. The Hall–Kier alpha value is -1.00. The van der Waals surface area contributed by atoms with Gasteiger partial charge in [0, 0.05) is 5.56 Å². The van der Waals surface area contributed by atoms with Gasteiger partial charge in [-0.1, -0.05) is 12.1 Å². The summed E-state index contributed by atoms with van der Waals surface area (Å²) in [6.45, 7) is 1.51. The van der Waals surface area contributed by atoms with Crippen molar-refractivity contribution in [2.24, 2.45) is 0 Å². The van der Waals surface area contributed by atoms with Crippen molar-refractivity contribution in [3.8, 4) is 5.75 Å². The quantitative estimate of drug-likeness (QED) is 0.806. The fourth-order valence-electron chi connectivity index (χ4n) is 1.02. The fraction of sp³-hybridized carbons (Fsp3) is 0.364. The lowest BCUT2D eigenvalue weighted by Crippen LogP contribution is -2.06. The molecule has 84 valence electrons. The Morgan fingerprint density at radius 2 is 2.13 bits per heavy atom. The molecule has 0 aliphatic rings. The minimum absolute atomic E-state index is 0.0102. The molecule has 15 heavy (non-hydrogen) atoms. The summed E-state index contributed by atoms with van der Waals surface area (Å²) in [5, 5.41) is 0. The van der Waals surface area contributed by atoms with E-state index in [9.17, 15) is 9.35 Å². The molecule has 0 amide bonds. The van der Waals surface area contributed by atoms with Gasteiger partial charge in [-0.05, 0) is 31.6 Å². The Balaban J connectivity index is 2.70. The zero-order chi connectivity index (χ0) is 11.5. The summed E-state index contributed by atoms with van der Waals surface area (Å²) >= 11 is 0. The summed E-state index contributed by atoms with van der Waals surface area (Å²) in [7, 11) is -1.66. The fourth-order valence-corrected chi connectivity index (χ4v) is 1.44. The van der Waals surface area contributed by atoms with Crippen LogP contribution in [0.25, 0.3) is 0 Å². The van der Waals surface area contributed by atoms with Crippen LogP contribution < -0.4 is 4.74 Å². The highest BCUT2D eigenvalue weighted by Gasteiger charge is 2.07. The van der Waals surface area contributed by atoms with E-state index >= 15 is 0 Å². The Bertz CT molecular complexity index is 355. The molecule has 1 N–H and O–H groups in total. The molecule has 3 nitrogen and oxygen atoms in total. The zero-order valence-electron chi connectivity index (χ0n) is 9.19. The van der Waals surface area contributed by atoms with Gasteiger partial charge in [-0.2, -0.15) is 0 Å². The molecule has 0 spiro atoms. The summed E-state index contributed by atoms with van der Waals surface area (Å²) in [6.07, 6.45) is 3.50. The number of rotatable bonds is 4. The first-order chi connectivity index (χ1) is 6.88. The molecule has 0 atom stereocenters. The third-order valence-electron chi connectivity index (χ3n) is 1.75. The van der Waals surface area contributed by atoms with E-state index in [4.69, 9.17) is 4.74 Å². The van der Waals surface area contributed by atoms with Gasteiger partial charge in [-0.15, -0.1) is 10.3 Å². The first-order valence-electron chi connectivity index (χ1n) is 4.56. The molecule has 0 bridgehead atoms. The van der Waals surface area contributed by atoms with E-state index in [0.29, 0.717) is 11.3 Å². The molecule has 0 heterocycles. The van der Waals surface area contributed by atoms with E-state index in [1.807, 2.05) is 0 Å². The molecular formula is C11H16O3S. The van der Waals surface area contributed by atoms with Gasteiger partial charge >= 0.3 is 0 Å². The van der Waals surface area contributed by atoms with Crippen molar-refractivity contribution in [1.29, 1.82) is 0 Å². The first-order valence-corrected chi connectivity index (χ1v) is 7.13. The van der Waals surface area contributed by atoms with E-state index < -0.39 is 10.3 Å². The summed E-state index contributed by atoms with van der Waals surface area (Å²) in [4.78, 5) is 11.1. The number of hydrogen-bond donors (Lipinski definition) is 1. The van der Waals surface area contributed by atoms with E-state index in [2.05, 4.69) is 0 Å². The Labute approximate surface area is 91.6 Å². The van der Waals surface area contributed by atoms with Crippen LogP contribution in [0.15, 0.2) is 24.3 Å². The molecule has 0 aliphatic heterocycles. The van der Waals surface area contributed by atoms with E-state index in [-0.39, 0.29) is 11.7 Å². The van der Waals surface area contributed by atoms with Gasteiger partial charge in [-0.25, -0.2) is 0 Å². The zero-order valence-corrected chi connectivity index (χ0v) is 10.0. The van der Waals surface area contributed by atoms with Crippen LogP contribution >= 0.6 is 10.3 Å². The molecule has 1 aromatic carbocycles. The van der Waals surface area contributed by atoms with Gasteiger partial charge in [0.15, 0.2) is 5.78 Å². The standard InChI is InChI=1S/C11H16O3S/c1-9(12)10-5-4-6-11(7-10)14-8-15(2,3)13/h4-7,13H,8H2,1-3H3. The SMILES string of the molecule is CC(=O)c1cccc(OCS(C)(C)O)c1. The molecule has 0 radical (unpaired) electrons. The van der Waals surface area contributed by atoms with Crippen LogP contribution in [0.1, 0.15) is 17.3 Å². The molecule has 1 aromatic rings. The van der Waals surface area contributed by atoms with Crippen molar-refractivity contribution >= 4 is 16.1 Å². The summed E-state index contributed by atoms with van der Waals surface area (Å²) < 4.78 is 14.9. The lowest BCUT2D eigenvalue weighted by Gasteiger charge is -2.23. The molecule has 4 heteroatoms. The number of benzene rings is 1. The van der Waals surface area contributed by atoms with Crippen molar-refractivity contribution in [3.63, 3.8) is 0 Å². The predicted octanol–water partition coefficient (Wildman–Crippen LogP) is 2.76. The second-order valence-electron chi connectivity index (χ2n) is 3.83. The van der Waals surface area contributed by atoms with Crippen LogP contribution in [0.4, 0.5) is 0 Å². The maximum absolute atomic E-state index is 11.1. The molecule has 0 fully saturated rings. The minimum atomic E-state index is -1.66. The number of carbonyl (C=O) groups is 1. The predicted molar refractivity (Wildman–Crippen MR) is 64.0 cm³/mol. The average Bonchev–Trinajstić information content (AvgIpc) is 2.14. The van der Waals surface area contributed by atoms with Crippen molar-refractivity contribution in [2.75, 3.05) is 18.5 Å². The highest BCUT2D eigenvalue weighted by Crippen LogP contribution is 2.34. The van der Waals surface area contributed by atoms with E-state index in [1.165, 1.54) is 6.92 Å². The molecule has 0 saturated carbocycles. The number of Topliss-reactive ketones (excluding diaryl/α,β-unsaturated/α-hetero) is 1. The number of ketones is 1. The maximum atomic E-state index is 11.1.